The van der Waals surface area contributed by atoms with Crippen LogP contribution in [0.1, 0.15) is 20.3 Å². The van der Waals surface area contributed by atoms with Gasteiger partial charge in [-0.1, -0.05) is 25.4 Å². The predicted octanol–water partition coefficient (Wildman–Crippen LogP) is 3.77. The first-order valence-electron chi connectivity index (χ1n) is 5.30. The Morgan fingerprint density at radius 3 is 2.69 bits per heavy atom. The Labute approximate surface area is 116 Å². The number of aliphatic hydroxyl groups excluding tert-OH is 1. The van der Waals surface area contributed by atoms with Gasteiger partial charge in [-0.25, -0.2) is 0 Å². The Kier molecular flexibility index (Phi) is 5.34. The fourth-order valence-corrected chi connectivity index (χ4v) is 2.30. The van der Waals surface area contributed by atoms with Crippen molar-refractivity contribution in [1.29, 1.82) is 0 Å². The lowest BCUT2D eigenvalue weighted by atomic mass is 9.88. The lowest BCUT2D eigenvalue weighted by Gasteiger charge is -2.26. The van der Waals surface area contributed by atoms with Crippen LogP contribution < -0.4 is 5.32 Å². The summed E-state index contributed by atoms with van der Waals surface area (Å²) in [6.45, 7) is 5.12. The van der Waals surface area contributed by atoms with Crippen molar-refractivity contribution in [2.24, 2.45) is 5.41 Å². The number of benzene rings is 1. The van der Waals surface area contributed by atoms with Gasteiger partial charge in [-0.05, 0) is 47.2 Å². The van der Waals surface area contributed by atoms with Crippen LogP contribution in [0.25, 0.3) is 0 Å². The molecule has 1 unspecified atom stereocenters. The number of halogens is 2. The van der Waals surface area contributed by atoms with Crippen molar-refractivity contribution >= 4 is 39.9 Å². The Bertz CT molecular complexity index is 353. The third-order valence-electron chi connectivity index (χ3n) is 2.87. The summed E-state index contributed by atoms with van der Waals surface area (Å²) in [6.07, 6.45) is 0.945. The first kappa shape index (κ1) is 14.1. The third kappa shape index (κ3) is 3.79. The normalized spacial score (nSPS) is 14.6. The van der Waals surface area contributed by atoms with E-state index in [9.17, 15) is 5.11 Å². The van der Waals surface area contributed by atoms with E-state index in [1.54, 1.807) is 0 Å². The fraction of sp³-hybridized carbons (Fsp3) is 0.500. The van der Waals surface area contributed by atoms with E-state index in [0.717, 1.165) is 27.2 Å². The van der Waals surface area contributed by atoms with Crippen LogP contribution in [0.2, 0.25) is 5.02 Å². The van der Waals surface area contributed by atoms with E-state index < -0.39 is 0 Å². The maximum Gasteiger partial charge on any atom is 0.0501 e. The summed E-state index contributed by atoms with van der Waals surface area (Å²) in [4.78, 5) is 0. The summed E-state index contributed by atoms with van der Waals surface area (Å²) < 4.78 is 1.10. The molecule has 90 valence electrons. The Morgan fingerprint density at radius 2 is 2.19 bits per heavy atom. The van der Waals surface area contributed by atoms with E-state index in [4.69, 9.17) is 11.6 Å². The van der Waals surface area contributed by atoms with Crippen LogP contribution in [-0.2, 0) is 0 Å². The monoisotopic (exact) mass is 353 g/mol. The van der Waals surface area contributed by atoms with Gasteiger partial charge in [0.15, 0.2) is 0 Å². The zero-order chi connectivity index (χ0) is 12.2. The van der Waals surface area contributed by atoms with Gasteiger partial charge in [0.1, 0.15) is 0 Å². The van der Waals surface area contributed by atoms with Crippen LogP contribution in [0.15, 0.2) is 18.2 Å². The third-order valence-corrected chi connectivity index (χ3v) is 4.00. The molecule has 0 fully saturated rings. The van der Waals surface area contributed by atoms with E-state index in [-0.39, 0.29) is 12.0 Å². The maximum absolute atomic E-state index is 9.31. The van der Waals surface area contributed by atoms with E-state index in [1.165, 1.54) is 0 Å². The summed E-state index contributed by atoms with van der Waals surface area (Å²) in [5, 5.41) is 13.4. The first-order valence-corrected chi connectivity index (χ1v) is 6.76. The molecule has 0 saturated carbocycles. The van der Waals surface area contributed by atoms with Gasteiger partial charge in [0, 0.05) is 26.2 Å². The van der Waals surface area contributed by atoms with Crippen LogP contribution in [-0.4, -0.2) is 18.3 Å². The van der Waals surface area contributed by atoms with Crippen LogP contribution in [0.3, 0.4) is 0 Å². The fourth-order valence-electron chi connectivity index (χ4n) is 1.23. The molecule has 4 heteroatoms. The van der Waals surface area contributed by atoms with Gasteiger partial charge in [-0.2, -0.15) is 0 Å². The SMILES string of the molecule is CCC(C)(CO)CNc1ccc(Cl)cc1I. The van der Waals surface area contributed by atoms with Crippen molar-refractivity contribution in [2.45, 2.75) is 20.3 Å². The minimum Gasteiger partial charge on any atom is -0.396 e. The molecule has 16 heavy (non-hydrogen) atoms. The second-order valence-corrected chi connectivity index (χ2v) is 5.90. The van der Waals surface area contributed by atoms with Gasteiger partial charge >= 0.3 is 0 Å². The van der Waals surface area contributed by atoms with Crippen molar-refractivity contribution in [1.82, 2.24) is 0 Å². The highest BCUT2D eigenvalue weighted by atomic mass is 127. The average molecular weight is 354 g/mol. The maximum atomic E-state index is 9.31. The second kappa shape index (κ2) is 6.07. The van der Waals surface area contributed by atoms with Crippen molar-refractivity contribution in [3.8, 4) is 0 Å². The average Bonchev–Trinajstić information content (AvgIpc) is 2.27. The molecule has 0 heterocycles. The van der Waals surface area contributed by atoms with Gasteiger partial charge in [0.05, 0.1) is 6.61 Å². The van der Waals surface area contributed by atoms with Crippen LogP contribution >= 0.6 is 34.2 Å². The number of hydrogen-bond donors (Lipinski definition) is 2. The van der Waals surface area contributed by atoms with Gasteiger partial charge in [-0.15, -0.1) is 0 Å². The van der Waals surface area contributed by atoms with Gasteiger partial charge < -0.3 is 10.4 Å². The summed E-state index contributed by atoms with van der Waals surface area (Å²) >= 11 is 8.14. The smallest absolute Gasteiger partial charge is 0.0501 e. The van der Waals surface area contributed by atoms with Gasteiger partial charge in [0.25, 0.3) is 0 Å². The van der Waals surface area contributed by atoms with Gasteiger partial charge in [-0.3, -0.25) is 0 Å². The van der Waals surface area contributed by atoms with Crippen LogP contribution in [0, 0.1) is 8.99 Å². The zero-order valence-electron chi connectivity index (χ0n) is 9.56. The molecule has 0 amide bonds. The van der Waals surface area contributed by atoms with Crippen molar-refractivity contribution in [2.75, 3.05) is 18.5 Å². The van der Waals surface area contributed by atoms with Crippen molar-refractivity contribution in [3.63, 3.8) is 0 Å². The molecule has 1 atom stereocenters. The van der Waals surface area contributed by atoms with Crippen LogP contribution in [0.4, 0.5) is 5.69 Å². The van der Waals surface area contributed by atoms with E-state index in [1.807, 2.05) is 18.2 Å². The van der Waals surface area contributed by atoms with Gasteiger partial charge in [0.2, 0.25) is 0 Å². The molecule has 0 aromatic heterocycles. The summed E-state index contributed by atoms with van der Waals surface area (Å²) in [7, 11) is 0. The highest BCUT2D eigenvalue weighted by Crippen LogP contribution is 2.25. The minimum atomic E-state index is -0.0667. The summed E-state index contributed by atoms with van der Waals surface area (Å²) in [5.74, 6) is 0. The molecule has 2 N–H and O–H groups in total. The molecule has 0 aliphatic rings. The molecule has 0 radical (unpaired) electrons. The van der Waals surface area contributed by atoms with Crippen molar-refractivity contribution < 1.29 is 5.11 Å². The number of rotatable bonds is 5. The molecule has 0 spiro atoms. The summed E-state index contributed by atoms with van der Waals surface area (Å²) in [6, 6.07) is 5.76. The minimum absolute atomic E-state index is 0.0667. The quantitative estimate of drug-likeness (QED) is 0.790. The second-order valence-electron chi connectivity index (χ2n) is 4.30. The molecule has 0 aliphatic heterocycles. The molecular weight excluding hydrogens is 336 g/mol. The van der Waals surface area contributed by atoms with E-state index in [2.05, 4.69) is 41.8 Å². The highest BCUT2D eigenvalue weighted by Gasteiger charge is 2.20. The lowest BCUT2D eigenvalue weighted by molar-refractivity contribution is 0.149. The number of nitrogens with one attached hydrogen (secondary N) is 1. The van der Waals surface area contributed by atoms with Crippen molar-refractivity contribution in [3.05, 3.63) is 26.8 Å². The molecule has 1 aromatic rings. The molecule has 1 aromatic carbocycles. The standard InChI is InChI=1S/C12H17ClINO/c1-3-12(2,8-16)7-15-11-5-4-9(13)6-10(11)14/h4-6,15-16H,3,7-8H2,1-2H3. The highest BCUT2D eigenvalue weighted by molar-refractivity contribution is 14.1. The molecule has 2 nitrogen and oxygen atoms in total. The number of anilines is 1. The zero-order valence-corrected chi connectivity index (χ0v) is 12.5. The predicted molar refractivity (Wildman–Crippen MR) is 78.1 cm³/mol. The summed E-state index contributed by atoms with van der Waals surface area (Å²) in [5.41, 5.74) is 1.00. The molecule has 0 aliphatic carbocycles. The number of aliphatic hydroxyl groups is 1. The molecular formula is C12H17ClINO. The topological polar surface area (TPSA) is 32.3 Å². The number of hydrogen-bond acceptors (Lipinski definition) is 2. The van der Waals surface area contributed by atoms with E-state index >= 15 is 0 Å². The molecule has 0 saturated heterocycles. The molecule has 0 bridgehead atoms. The molecule has 1 rings (SSSR count). The first-order chi connectivity index (χ1) is 7.50. The Hall–Kier alpha value is -0.000000000000000111. The van der Waals surface area contributed by atoms with E-state index in [0.29, 0.717) is 0 Å². The Balaban J connectivity index is 2.67. The largest absolute Gasteiger partial charge is 0.396 e. The lowest BCUT2D eigenvalue weighted by Crippen LogP contribution is -2.29. The Morgan fingerprint density at radius 1 is 1.50 bits per heavy atom. The van der Waals surface area contributed by atoms with Crippen LogP contribution in [0.5, 0.6) is 0 Å².